The lowest BCUT2D eigenvalue weighted by molar-refractivity contribution is -0.144. The number of allylic oxidation sites excluding steroid dienone is 2. The van der Waals surface area contributed by atoms with Crippen molar-refractivity contribution in [1.82, 2.24) is 45.6 Å². The molecule has 4 fully saturated rings. The Kier molecular flexibility index (Phi) is 18.1. The van der Waals surface area contributed by atoms with Crippen molar-refractivity contribution < 1.29 is 38.1 Å². The first-order chi connectivity index (χ1) is 39.5. The molecule has 19 heteroatoms. The van der Waals surface area contributed by atoms with E-state index >= 15 is 8.78 Å². The topological polar surface area (TPSA) is 201 Å². The SMILES string of the molecule is C#Cc1c(F)ccc2cc(O)cc(-c3ncc4c(N5CC6CCC(C5)N6)nc(OCCCN5CCN(CCCCCCCC(=O)N[C@H](C(=O)N6C[C@H](O)C[C@H]6C(=O)NCc6ccc(C7=C(C)N=CC7)cc6)C(C)(C)C)CC5)nc4c3F)c12. The van der Waals surface area contributed by atoms with Crippen molar-refractivity contribution in [3.63, 3.8) is 0 Å². The van der Waals surface area contributed by atoms with Gasteiger partial charge in [0.25, 0.3) is 0 Å². The van der Waals surface area contributed by atoms with Gasteiger partial charge in [-0.1, -0.05) is 76.3 Å². The molecule has 5 aliphatic heterocycles. The van der Waals surface area contributed by atoms with E-state index in [0.29, 0.717) is 55.5 Å². The van der Waals surface area contributed by atoms with Gasteiger partial charge in [0, 0.05) is 119 Å². The standard InChI is InChI=1S/C63H77F2N11O6/c1-6-47-51(64)21-18-42-31-45(77)32-49(54(42)47)56-55(65)57-50(35-67-56)59(75-36-43-19-20-44(37-75)69-43)72-62(71-57)82-30-12-25-74-28-26-73(27-29-74)24-11-9-7-8-10-13-53(79)70-58(63(3,4)5)61(81)76-38-46(78)33-52(76)60(80)68-34-40-14-16-41(17-15-40)48-22-23-66-39(48)2/h1,14-18,21,23,31-32,35,43-44,46,52,58,69,77-78H,7-13,19-20,22,24-30,33-34,36-38H2,2-5H3,(H,68,80)(H,70,79)/t43?,44?,46-,52+,58-/m1/s1. The number of aliphatic hydroxyl groups is 1. The minimum absolute atomic E-state index is 0.0157. The number of amides is 3. The summed E-state index contributed by atoms with van der Waals surface area (Å²) in [6.07, 6.45) is 17.1. The maximum atomic E-state index is 17.0. The number of unbranched alkanes of at least 4 members (excludes halogenated alkanes) is 4. The molecule has 5 atom stereocenters. The van der Waals surface area contributed by atoms with E-state index in [1.54, 1.807) is 6.20 Å². The van der Waals surface area contributed by atoms with E-state index in [-0.39, 0.29) is 88.8 Å². The summed E-state index contributed by atoms with van der Waals surface area (Å²) in [5.74, 6) is 0.513. The molecule has 0 radical (unpaired) electrons. The molecular formula is C63H77F2N11O6. The van der Waals surface area contributed by atoms with Gasteiger partial charge in [0.15, 0.2) is 5.82 Å². The third-order valence-corrected chi connectivity index (χ3v) is 16.9. The van der Waals surface area contributed by atoms with Gasteiger partial charge in [-0.15, -0.1) is 6.42 Å². The van der Waals surface area contributed by atoms with Gasteiger partial charge in [0.1, 0.15) is 40.7 Å². The van der Waals surface area contributed by atoms with Gasteiger partial charge in [-0.25, -0.2) is 8.78 Å². The van der Waals surface area contributed by atoms with E-state index in [9.17, 15) is 24.6 Å². The number of fused-ring (bicyclic) bond motifs is 4. The fourth-order valence-electron chi connectivity index (χ4n) is 12.4. The average Bonchev–Trinajstić information content (AvgIpc) is 2.16. The van der Waals surface area contributed by atoms with Crippen molar-refractivity contribution in [1.29, 1.82) is 0 Å². The van der Waals surface area contributed by atoms with Gasteiger partial charge in [0.2, 0.25) is 17.7 Å². The van der Waals surface area contributed by atoms with Gasteiger partial charge >= 0.3 is 6.01 Å². The molecule has 2 unspecified atom stereocenters. The number of hydrogen-bond donors (Lipinski definition) is 5. The number of aliphatic hydroxyl groups excluding tert-OH is 1. The van der Waals surface area contributed by atoms with Crippen LogP contribution in [0.4, 0.5) is 14.6 Å². The summed E-state index contributed by atoms with van der Waals surface area (Å²) >= 11 is 0. The molecule has 0 aliphatic carbocycles. The van der Waals surface area contributed by atoms with Crippen molar-refractivity contribution >= 4 is 57.0 Å². The molecule has 82 heavy (non-hydrogen) atoms. The molecular weight excluding hydrogens is 1040 g/mol. The van der Waals surface area contributed by atoms with E-state index in [2.05, 4.69) is 51.5 Å². The Morgan fingerprint density at radius 1 is 0.915 bits per heavy atom. The van der Waals surface area contributed by atoms with Gasteiger partial charge in [0.05, 0.1) is 23.7 Å². The third kappa shape index (κ3) is 13.4. The van der Waals surface area contributed by atoms with Gasteiger partial charge in [-0.3, -0.25) is 24.4 Å². The number of hydrogen-bond acceptors (Lipinski definition) is 14. The Morgan fingerprint density at radius 2 is 1.62 bits per heavy atom. The van der Waals surface area contributed by atoms with E-state index in [4.69, 9.17) is 16.1 Å². The van der Waals surface area contributed by atoms with E-state index < -0.39 is 35.2 Å². The van der Waals surface area contributed by atoms with Crippen LogP contribution in [-0.4, -0.2) is 160 Å². The summed E-state index contributed by atoms with van der Waals surface area (Å²) in [4.78, 5) is 67.9. The highest BCUT2D eigenvalue weighted by molar-refractivity contribution is 6.03. The number of nitrogens with zero attached hydrogens (tertiary/aromatic N) is 8. The fraction of sp³-hybridized carbons (Fsp3) is 0.508. The molecule has 5 N–H and O–H groups in total. The van der Waals surface area contributed by atoms with Crippen LogP contribution < -0.4 is 25.6 Å². The average molecular weight is 1120 g/mol. The maximum absolute atomic E-state index is 17.0. The van der Waals surface area contributed by atoms with Crippen LogP contribution in [0.3, 0.4) is 0 Å². The Hall–Kier alpha value is -7.11. The summed E-state index contributed by atoms with van der Waals surface area (Å²) in [5, 5.41) is 32.1. The summed E-state index contributed by atoms with van der Waals surface area (Å²) in [7, 11) is 0. The van der Waals surface area contributed by atoms with Crippen LogP contribution in [0.25, 0.3) is 38.5 Å². The summed E-state index contributed by atoms with van der Waals surface area (Å²) in [6.45, 7) is 15.3. The zero-order valence-corrected chi connectivity index (χ0v) is 47.7. The molecule has 7 heterocycles. The lowest BCUT2D eigenvalue weighted by Gasteiger charge is -2.35. The monoisotopic (exact) mass is 1120 g/mol. The minimum atomic E-state index is -0.863. The highest BCUT2D eigenvalue weighted by atomic mass is 19.1. The molecule has 3 aromatic carbocycles. The van der Waals surface area contributed by atoms with Crippen molar-refractivity contribution in [3.05, 3.63) is 88.7 Å². The van der Waals surface area contributed by atoms with Gasteiger partial charge in [-0.05, 0) is 91.3 Å². The third-order valence-electron chi connectivity index (χ3n) is 16.9. The molecule has 10 rings (SSSR count). The van der Waals surface area contributed by atoms with E-state index in [0.717, 1.165) is 101 Å². The Labute approximate surface area is 479 Å². The number of pyridine rings is 1. The first-order valence-electron chi connectivity index (χ1n) is 29.3. The number of phenolic OH excluding ortho intramolecular Hbond substituents is 1. The van der Waals surface area contributed by atoms with Crippen LogP contribution in [0.5, 0.6) is 11.8 Å². The maximum Gasteiger partial charge on any atom is 0.319 e. The number of β-amino-alcohol motifs (C(OH)–C–C–N with tert-alkyl or cyclic N) is 1. The fourth-order valence-corrected chi connectivity index (χ4v) is 12.4. The molecule has 5 aliphatic rings. The number of piperazine rings is 2. The van der Waals surface area contributed by atoms with Crippen molar-refractivity contribution in [2.24, 2.45) is 10.4 Å². The number of aromatic nitrogens is 3. The van der Waals surface area contributed by atoms with Crippen LogP contribution in [0, 0.1) is 29.4 Å². The molecule has 2 aromatic heterocycles. The molecule has 3 amide bonds. The van der Waals surface area contributed by atoms with Crippen molar-refractivity contribution in [2.45, 2.75) is 135 Å². The lowest BCUT2D eigenvalue weighted by Crippen LogP contribution is -2.57. The summed E-state index contributed by atoms with van der Waals surface area (Å²) in [5.41, 5.74) is 3.57. The molecule has 5 aromatic rings. The van der Waals surface area contributed by atoms with Crippen LogP contribution in [0.15, 0.2) is 65.4 Å². The second-order valence-corrected chi connectivity index (χ2v) is 23.9. The zero-order chi connectivity index (χ0) is 57.7. The number of anilines is 1. The molecule has 17 nitrogen and oxygen atoms in total. The number of benzene rings is 3. The van der Waals surface area contributed by atoms with Crippen LogP contribution in [-0.2, 0) is 20.9 Å². The predicted octanol–water partition coefficient (Wildman–Crippen LogP) is 7.49. The Morgan fingerprint density at radius 3 is 2.32 bits per heavy atom. The second-order valence-electron chi connectivity index (χ2n) is 23.9. The van der Waals surface area contributed by atoms with Crippen LogP contribution in [0.2, 0.25) is 0 Å². The number of carbonyl (C=O) groups excluding carboxylic acids is 3. The van der Waals surface area contributed by atoms with Crippen LogP contribution in [0.1, 0.15) is 115 Å². The number of halogens is 2. The summed E-state index contributed by atoms with van der Waals surface area (Å²) < 4.78 is 38.2. The first-order valence-corrected chi connectivity index (χ1v) is 29.3. The van der Waals surface area contributed by atoms with Gasteiger partial charge in [-0.2, -0.15) is 9.97 Å². The number of ether oxygens (including phenoxy) is 1. The first kappa shape index (κ1) is 58.1. The quantitative estimate of drug-likeness (QED) is 0.0358. The van der Waals surface area contributed by atoms with Crippen molar-refractivity contribution in [2.75, 3.05) is 70.4 Å². The highest BCUT2D eigenvalue weighted by Gasteiger charge is 2.44. The largest absolute Gasteiger partial charge is 0.508 e. The number of rotatable bonds is 21. The normalized spacial score (nSPS) is 20.7. The van der Waals surface area contributed by atoms with E-state index in [1.165, 1.54) is 34.7 Å². The molecule has 0 spiro atoms. The Bertz CT molecular complexity index is 3270. The molecule has 2 bridgehead atoms. The molecule has 0 saturated carbocycles. The molecule has 434 valence electrons. The number of aromatic hydroxyl groups is 1. The van der Waals surface area contributed by atoms with E-state index in [1.807, 2.05) is 58.2 Å². The Balaban J connectivity index is 0.647. The smallest absolute Gasteiger partial charge is 0.319 e. The number of likely N-dealkylation sites (tertiary alicyclic amines) is 1. The minimum Gasteiger partial charge on any atom is -0.508 e. The number of terminal acetylenes is 1. The predicted molar refractivity (Wildman–Crippen MR) is 314 cm³/mol. The van der Waals surface area contributed by atoms with Gasteiger partial charge < -0.3 is 50.5 Å². The van der Waals surface area contributed by atoms with Crippen molar-refractivity contribution in [3.8, 4) is 35.4 Å². The second kappa shape index (κ2) is 25.6. The molecule has 4 saturated heterocycles. The zero-order valence-electron chi connectivity index (χ0n) is 47.7. The number of aliphatic imine (C=N–C) groups is 1. The summed E-state index contributed by atoms with van der Waals surface area (Å²) in [6, 6.07) is 12.4. The number of phenols is 1. The number of carbonyl (C=O) groups is 3. The highest BCUT2D eigenvalue weighted by Crippen LogP contribution is 2.40. The number of nitrogens with one attached hydrogen (secondary N) is 3. The van der Waals surface area contributed by atoms with Crippen LogP contribution >= 0.6 is 0 Å². The lowest BCUT2D eigenvalue weighted by atomic mass is 9.85.